The second kappa shape index (κ2) is 5.16. The van der Waals surface area contributed by atoms with Gasteiger partial charge >= 0.3 is 0 Å². The van der Waals surface area contributed by atoms with Crippen molar-refractivity contribution in [1.29, 1.82) is 0 Å². The number of H-pyrrole nitrogens is 1. The SMILES string of the molecule is NNC(Cc1cc(Cl)cc2c1OCC2)c1ncn[nH]1. The molecule has 0 saturated heterocycles. The monoisotopic (exact) mass is 279 g/mol. The highest BCUT2D eigenvalue weighted by Gasteiger charge is 2.21. The van der Waals surface area contributed by atoms with Crippen molar-refractivity contribution in [2.24, 2.45) is 5.84 Å². The number of hydrogen-bond acceptors (Lipinski definition) is 5. The number of ether oxygens (including phenoxy) is 1. The number of nitrogens with zero attached hydrogens (tertiary/aromatic N) is 2. The van der Waals surface area contributed by atoms with E-state index >= 15 is 0 Å². The zero-order valence-electron chi connectivity index (χ0n) is 10.2. The van der Waals surface area contributed by atoms with E-state index in [1.54, 1.807) is 0 Å². The van der Waals surface area contributed by atoms with Crippen LogP contribution < -0.4 is 16.0 Å². The molecule has 0 amide bonds. The van der Waals surface area contributed by atoms with E-state index in [1.807, 2.05) is 12.1 Å². The Morgan fingerprint density at radius 1 is 1.53 bits per heavy atom. The van der Waals surface area contributed by atoms with Crippen LogP contribution in [0.1, 0.15) is 23.0 Å². The van der Waals surface area contributed by atoms with Gasteiger partial charge in [-0.05, 0) is 29.7 Å². The Bertz CT molecular complexity index is 572. The summed E-state index contributed by atoms with van der Waals surface area (Å²) in [5, 5.41) is 7.36. The standard InChI is InChI=1S/C12H14ClN5O/c13-9-3-7-1-2-19-11(7)8(4-9)5-10(17-14)12-15-6-16-18-12/h3-4,6,10,17H,1-2,5,14H2,(H,15,16,18). The van der Waals surface area contributed by atoms with E-state index in [4.69, 9.17) is 22.2 Å². The molecule has 1 aromatic heterocycles. The lowest BCUT2D eigenvalue weighted by atomic mass is 10.0. The summed E-state index contributed by atoms with van der Waals surface area (Å²) in [6, 6.07) is 3.70. The van der Waals surface area contributed by atoms with Gasteiger partial charge in [-0.2, -0.15) is 5.10 Å². The number of nitrogens with two attached hydrogens (primary N) is 1. The fourth-order valence-corrected chi connectivity index (χ4v) is 2.60. The number of benzene rings is 1. The average molecular weight is 280 g/mol. The molecule has 2 aromatic rings. The van der Waals surface area contributed by atoms with Gasteiger partial charge in [0.2, 0.25) is 0 Å². The fraction of sp³-hybridized carbons (Fsp3) is 0.333. The van der Waals surface area contributed by atoms with Crippen molar-refractivity contribution < 1.29 is 4.74 Å². The van der Waals surface area contributed by atoms with Gasteiger partial charge in [0.1, 0.15) is 17.9 Å². The van der Waals surface area contributed by atoms with Gasteiger partial charge in [-0.1, -0.05) is 11.6 Å². The first kappa shape index (κ1) is 12.4. The Morgan fingerprint density at radius 3 is 3.16 bits per heavy atom. The van der Waals surface area contributed by atoms with Crippen LogP contribution >= 0.6 is 11.6 Å². The van der Waals surface area contributed by atoms with Crippen LogP contribution in [0.15, 0.2) is 18.5 Å². The van der Waals surface area contributed by atoms with E-state index in [-0.39, 0.29) is 6.04 Å². The molecule has 0 radical (unpaired) electrons. The topological polar surface area (TPSA) is 88.8 Å². The van der Waals surface area contributed by atoms with Gasteiger partial charge in [-0.25, -0.2) is 10.4 Å². The first-order valence-corrected chi connectivity index (χ1v) is 6.41. The maximum atomic E-state index is 6.14. The maximum Gasteiger partial charge on any atom is 0.143 e. The van der Waals surface area contributed by atoms with Crippen molar-refractivity contribution in [2.45, 2.75) is 18.9 Å². The number of rotatable bonds is 4. The number of hydrogen-bond donors (Lipinski definition) is 3. The quantitative estimate of drug-likeness (QED) is 0.577. The molecule has 0 bridgehead atoms. The molecule has 1 unspecified atom stereocenters. The van der Waals surface area contributed by atoms with Gasteiger partial charge in [-0.3, -0.25) is 10.9 Å². The van der Waals surface area contributed by atoms with E-state index in [0.717, 1.165) is 23.3 Å². The average Bonchev–Trinajstić information content (AvgIpc) is 3.05. The molecule has 19 heavy (non-hydrogen) atoms. The van der Waals surface area contributed by atoms with Crippen LogP contribution in [-0.4, -0.2) is 21.8 Å². The minimum atomic E-state index is -0.158. The second-order valence-corrected chi connectivity index (χ2v) is 4.88. The van der Waals surface area contributed by atoms with E-state index in [1.165, 1.54) is 6.33 Å². The molecule has 4 N–H and O–H groups in total. The van der Waals surface area contributed by atoms with Gasteiger partial charge in [0.25, 0.3) is 0 Å². The number of nitrogens with one attached hydrogen (secondary N) is 2. The third-order valence-electron chi connectivity index (χ3n) is 3.21. The Morgan fingerprint density at radius 2 is 2.42 bits per heavy atom. The molecule has 7 heteroatoms. The molecule has 2 heterocycles. The second-order valence-electron chi connectivity index (χ2n) is 4.45. The third kappa shape index (κ3) is 2.42. The number of halogens is 1. The Hall–Kier alpha value is -1.63. The summed E-state index contributed by atoms with van der Waals surface area (Å²) in [5.74, 6) is 7.19. The summed E-state index contributed by atoms with van der Waals surface area (Å²) in [5.41, 5.74) is 4.91. The zero-order chi connectivity index (χ0) is 13.2. The summed E-state index contributed by atoms with van der Waals surface area (Å²) >= 11 is 6.14. The third-order valence-corrected chi connectivity index (χ3v) is 3.43. The lowest BCUT2D eigenvalue weighted by Gasteiger charge is -2.15. The molecule has 0 saturated carbocycles. The zero-order valence-corrected chi connectivity index (χ0v) is 10.9. The summed E-state index contributed by atoms with van der Waals surface area (Å²) in [6.07, 6.45) is 2.99. The number of aromatic amines is 1. The molecule has 3 rings (SSSR count). The molecule has 1 aliphatic heterocycles. The van der Waals surface area contributed by atoms with E-state index in [2.05, 4.69) is 20.6 Å². The van der Waals surface area contributed by atoms with Crippen LogP contribution in [0.4, 0.5) is 0 Å². The van der Waals surface area contributed by atoms with Crippen molar-refractivity contribution in [3.05, 3.63) is 40.4 Å². The lowest BCUT2D eigenvalue weighted by Crippen LogP contribution is -2.30. The number of hydrazine groups is 1. The summed E-state index contributed by atoms with van der Waals surface area (Å²) in [4.78, 5) is 4.12. The highest BCUT2D eigenvalue weighted by Crippen LogP contribution is 2.34. The lowest BCUT2D eigenvalue weighted by molar-refractivity contribution is 0.351. The molecular formula is C12H14ClN5O. The number of aromatic nitrogens is 3. The van der Waals surface area contributed by atoms with Crippen LogP contribution in [0.25, 0.3) is 0 Å². The summed E-state index contributed by atoms with van der Waals surface area (Å²) < 4.78 is 5.67. The van der Waals surface area contributed by atoms with Crippen molar-refractivity contribution in [1.82, 2.24) is 20.6 Å². The summed E-state index contributed by atoms with van der Waals surface area (Å²) in [7, 11) is 0. The predicted octanol–water partition coefficient (Wildman–Crippen LogP) is 1.14. The normalized spacial score (nSPS) is 15.1. The van der Waals surface area contributed by atoms with Gasteiger partial charge in [0.15, 0.2) is 0 Å². The van der Waals surface area contributed by atoms with Crippen molar-refractivity contribution in [2.75, 3.05) is 6.61 Å². The van der Waals surface area contributed by atoms with Gasteiger partial charge in [0.05, 0.1) is 12.6 Å². The Kier molecular flexibility index (Phi) is 3.37. The molecule has 0 fully saturated rings. The number of fused-ring (bicyclic) bond motifs is 1. The van der Waals surface area contributed by atoms with Gasteiger partial charge in [0, 0.05) is 11.4 Å². The predicted molar refractivity (Wildman–Crippen MR) is 70.8 cm³/mol. The minimum Gasteiger partial charge on any atom is -0.493 e. The molecule has 1 atom stereocenters. The van der Waals surface area contributed by atoms with Crippen LogP contribution in [0.2, 0.25) is 5.02 Å². The summed E-state index contributed by atoms with van der Waals surface area (Å²) in [6.45, 7) is 0.700. The largest absolute Gasteiger partial charge is 0.493 e. The maximum absolute atomic E-state index is 6.14. The van der Waals surface area contributed by atoms with Gasteiger partial charge in [-0.15, -0.1) is 0 Å². The molecule has 6 nitrogen and oxygen atoms in total. The van der Waals surface area contributed by atoms with Crippen molar-refractivity contribution >= 4 is 11.6 Å². The Balaban J connectivity index is 1.90. The van der Waals surface area contributed by atoms with Gasteiger partial charge < -0.3 is 4.74 Å². The van der Waals surface area contributed by atoms with Crippen LogP contribution in [0, 0.1) is 0 Å². The van der Waals surface area contributed by atoms with Crippen LogP contribution in [0.3, 0.4) is 0 Å². The first-order chi connectivity index (χ1) is 9.28. The van der Waals surface area contributed by atoms with Crippen molar-refractivity contribution in [3.63, 3.8) is 0 Å². The smallest absolute Gasteiger partial charge is 0.143 e. The molecule has 100 valence electrons. The van der Waals surface area contributed by atoms with Crippen LogP contribution in [-0.2, 0) is 12.8 Å². The molecule has 0 aliphatic carbocycles. The molecular weight excluding hydrogens is 266 g/mol. The van der Waals surface area contributed by atoms with E-state index in [0.29, 0.717) is 23.9 Å². The molecule has 1 aliphatic rings. The van der Waals surface area contributed by atoms with E-state index < -0.39 is 0 Å². The first-order valence-electron chi connectivity index (χ1n) is 6.03. The highest BCUT2D eigenvalue weighted by molar-refractivity contribution is 6.30. The van der Waals surface area contributed by atoms with Crippen LogP contribution in [0.5, 0.6) is 5.75 Å². The fourth-order valence-electron chi connectivity index (χ4n) is 2.33. The van der Waals surface area contributed by atoms with Crippen molar-refractivity contribution in [3.8, 4) is 5.75 Å². The minimum absolute atomic E-state index is 0.158. The molecule has 1 aromatic carbocycles. The highest BCUT2D eigenvalue weighted by atomic mass is 35.5. The Labute approximate surface area is 115 Å². The molecule has 0 spiro atoms. The van der Waals surface area contributed by atoms with E-state index in [9.17, 15) is 0 Å².